The molecule has 2 rings (SSSR count). The third-order valence-electron chi connectivity index (χ3n) is 3.53. The van der Waals surface area contributed by atoms with Crippen molar-refractivity contribution in [2.45, 2.75) is 25.7 Å². The molecule has 0 aromatic heterocycles. The first kappa shape index (κ1) is 18.0. The number of ether oxygens (including phenoxy) is 3. The summed E-state index contributed by atoms with van der Waals surface area (Å²) in [6.45, 7) is 4.01. The lowest BCUT2D eigenvalue weighted by atomic mass is 10.1. The summed E-state index contributed by atoms with van der Waals surface area (Å²) in [7, 11) is 3.89. The summed E-state index contributed by atoms with van der Waals surface area (Å²) >= 11 is 0. The number of nitriles is 1. The van der Waals surface area contributed by atoms with Crippen molar-refractivity contribution in [3.05, 3.63) is 35.4 Å². The highest BCUT2D eigenvalue weighted by molar-refractivity contribution is 5.97. The van der Waals surface area contributed by atoms with Gasteiger partial charge in [-0.3, -0.25) is 0 Å². The Kier molecular flexibility index (Phi) is 5.60. The minimum absolute atomic E-state index is 0.0502. The Morgan fingerprint density at radius 3 is 2.58 bits per heavy atom. The van der Waals surface area contributed by atoms with Crippen LogP contribution < -0.4 is 4.90 Å². The Balaban J connectivity index is 1.97. The Bertz CT molecular complexity index is 657. The third kappa shape index (κ3) is 4.82. The van der Waals surface area contributed by atoms with Crippen molar-refractivity contribution in [3.8, 4) is 6.07 Å². The first-order valence-corrected chi connectivity index (χ1v) is 7.69. The average molecular weight is 330 g/mol. The molecule has 0 saturated carbocycles. The quantitative estimate of drug-likeness (QED) is 0.469. The molecule has 6 heteroatoms. The maximum Gasteiger partial charge on any atom is 0.348 e. The van der Waals surface area contributed by atoms with Crippen molar-refractivity contribution in [2.24, 2.45) is 0 Å². The summed E-state index contributed by atoms with van der Waals surface area (Å²) in [5, 5.41) is 9.19. The minimum atomic E-state index is -0.668. The van der Waals surface area contributed by atoms with Gasteiger partial charge in [0.2, 0.25) is 0 Å². The van der Waals surface area contributed by atoms with Gasteiger partial charge >= 0.3 is 5.97 Å². The second-order valence-electron chi connectivity index (χ2n) is 6.20. The van der Waals surface area contributed by atoms with E-state index in [4.69, 9.17) is 14.2 Å². The van der Waals surface area contributed by atoms with Crippen molar-refractivity contribution in [3.63, 3.8) is 0 Å². The zero-order valence-electron chi connectivity index (χ0n) is 14.4. The van der Waals surface area contributed by atoms with Crippen LogP contribution >= 0.6 is 0 Å². The zero-order valence-corrected chi connectivity index (χ0v) is 14.4. The van der Waals surface area contributed by atoms with E-state index in [1.54, 1.807) is 13.8 Å². The summed E-state index contributed by atoms with van der Waals surface area (Å²) < 4.78 is 16.1. The number of anilines is 1. The smallest absolute Gasteiger partial charge is 0.348 e. The molecule has 1 atom stereocenters. The van der Waals surface area contributed by atoms with E-state index in [0.29, 0.717) is 6.61 Å². The average Bonchev–Trinajstić information content (AvgIpc) is 2.89. The van der Waals surface area contributed by atoms with E-state index in [2.05, 4.69) is 0 Å². The maximum atomic E-state index is 12.1. The molecule has 1 aliphatic rings. The second-order valence-corrected chi connectivity index (χ2v) is 6.20. The molecule has 6 nitrogen and oxygen atoms in total. The molecule has 0 aliphatic carbocycles. The van der Waals surface area contributed by atoms with E-state index in [0.717, 1.165) is 11.3 Å². The fourth-order valence-corrected chi connectivity index (χ4v) is 2.26. The molecule has 1 aliphatic heterocycles. The van der Waals surface area contributed by atoms with E-state index in [9.17, 15) is 10.1 Å². The third-order valence-corrected chi connectivity index (χ3v) is 3.53. The van der Waals surface area contributed by atoms with Gasteiger partial charge in [0, 0.05) is 19.8 Å². The largest absolute Gasteiger partial charge is 0.459 e. The molecule has 0 spiro atoms. The molecular formula is C18H22N2O4. The summed E-state index contributed by atoms with van der Waals surface area (Å²) in [5.74, 6) is -1.33. The molecule has 1 saturated heterocycles. The van der Waals surface area contributed by atoms with Crippen LogP contribution in [0.15, 0.2) is 29.8 Å². The van der Waals surface area contributed by atoms with Gasteiger partial charge in [-0.05, 0) is 37.6 Å². The van der Waals surface area contributed by atoms with Gasteiger partial charge in [0.1, 0.15) is 24.4 Å². The fourth-order valence-electron chi connectivity index (χ4n) is 2.26. The van der Waals surface area contributed by atoms with Crippen molar-refractivity contribution in [1.82, 2.24) is 0 Å². The second kappa shape index (κ2) is 7.47. The monoisotopic (exact) mass is 330 g/mol. The number of carbonyl (C=O) groups excluding carboxylic acids is 1. The number of benzene rings is 1. The van der Waals surface area contributed by atoms with Crippen molar-refractivity contribution < 1.29 is 19.0 Å². The standard InChI is InChI=1S/C18H22N2O4/c1-18(2)23-12-16(24-18)11-22-17(21)14(10-19)9-13-5-7-15(8-6-13)20(3)4/h5-9,16H,11-12H2,1-4H3. The molecule has 1 aromatic rings. The summed E-state index contributed by atoms with van der Waals surface area (Å²) in [5.41, 5.74) is 1.75. The van der Waals surface area contributed by atoms with Gasteiger partial charge in [-0.15, -0.1) is 0 Å². The van der Waals surface area contributed by atoms with Crippen molar-refractivity contribution >= 4 is 17.7 Å². The summed E-state index contributed by atoms with van der Waals surface area (Å²) in [6, 6.07) is 9.40. The van der Waals surface area contributed by atoms with Gasteiger partial charge in [-0.25, -0.2) is 4.79 Å². The number of carbonyl (C=O) groups is 1. The molecule has 1 heterocycles. The highest BCUT2D eigenvalue weighted by atomic mass is 16.7. The Morgan fingerprint density at radius 1 is 1.42 bits per heavy atom. The number of hydrogen-bond acceptors (Lipinski definition) is 6. The predicted octanol–water partition coefficient (Wildman–Crippen LogP) is 2.35. The predicted molar refractivity (Wildman–Crippen MR) is 90.2 cm³/mol. The lowest BCUT2D eigenvalue weighted by molar-refractivity contribution is -0.155. The molecule has 0 amide bonds. The van der Waals surface area contributed by atoms with Crippen LogP contribution in [0, 0.1) is 11.3 Å². The lowest BCUT2D eigenvalue weighted by Crippen LogP contribution is -2.25. The topological polar surface area (TPSA) is 71.8 Å². The summed E-state index contributed by atoms with van der Waals surface area (Å²) in [6.07, 6.45) is 1.20. The highest BCUT2D eigenvalue weighted by Crippen LogP contribution is 2.22. The van der Waals surface area contributed by atoms with Gasteiger partial charge in [-0.2, -0.15) is 5.26 Å². The van der Waals surface area contributed by atoms with Crippen LogP contribution in [0.2, 0.25) is 0 Å². The number of rotatable bonds is 5. The minimum Gasteiger partial charge on any atom is -0.459 e. The number of hydrogen-bond donors (Lipinski definition) is 0. The Morgan fingerprint density at radius 2 is 2.08 bits per heavy atom. The van der Waals surface area contributed by atoms with E-state index < -0.39 is 11.8 Å². The van der Waals surface area contributed by atoms with Gasteiger partial charge in [-0.1, -0.05) is 12.1 Å². The van der Waals surface area contributed by atoms with Crippen LogP contribution in [-0.4, -0.2) is 45.2 Å². The Labute approximate surface area is 142 Å². The number of nitrogens with zero attached hydrogens (tertiary/aromatic N) is 2. The van der Waals surface area contributed by atoms with Crippen LogP contribution in [0.1, 0.15) is 19.4 Å². The van der Waals surface area contributed by atoms with E-state index >= 15 is 0 Å². The van der Waals surface area contributed by atoms with Crippen LogP contribution in [0.5, 0.6) is 0 Å². The Hall–Kier alpha value is -2.36. The SMILES string of the molecule is CN(C)c1ccc(C=C(C#N)C(=O)OCC2COC(C)(C)O2)cc1. The number of esters is 1. The molecule has 24 heavy (non-hydrogen) atoms. The molecule has 1 unspecified atom stereocenters. The normalized spacial score (nSPS) is 19.6. The highest BCUT2D eigenvalue weighted by Gasteiger charge is 2.33. The van der Waals surface area contributed by atoms with Crippen molar-refractivity contribution in [1.29, 1.82) is 5.26 Å². The molecule has 1 fully saturated rings. The fraction of sp³-hybridized carbons (Fsp3) is 0.444. The first-order chi connectivity index (χ1) is 11.3. The first-order valence-electron chi connectivity index (χ1n) is 7.69. The molecule has 0 bridgehead atoms. The van der Waals surface area contributed by atoms with Crippen LogP contribution in [0.25, 0.3) is 6.08 Å². The van der Waals surface area contributed by atoms with E-state index in [1.807, 2.05) is 49.3 Å². The molecule has 128 valence electrons. The van der Waals surface area contributed by atoms with Gasteiger partial charge in [0.05, 0.1) is 6.61 Å². The van der Waals surface area contributed by atoms with Gasteiger partial charge in [0.15, 0.2) is 5.79 Å². The zero-order chi connectivity index (χ0) is 17.7. The lowest BCUT2D eigenvalue weighted by Gasteiger charge is -2.16. The summed E-state index contributed by atoms with van der Waals surface area (Å²) in [4.78, 5) is 14.0. The molecule has 0 radical (unpaired) electrons. The van der Waals surface area contributed by atoms with E-state index in [1.165, 1.54) is 6.08 Å². The molecular weight excluding hydrogens is 308 g/mol. The van der Waals surface area contributed by atoms with Gasteiger partial charge in [0.25, 0.3) is 0 Å². The van der Waals surface area contributed by atoms with E-state index in [-0.39, 0.29) is 18.3 Å². The van der Waals surface area contributed by atoms with Crippen LogP contribution in [0.3, 0.4) is 0 Å². The van der Waals surface area contributed by atoms with Crippen LogP contribution in [0.4, 0.5) is 5.69 Å². The van der Waals surface area contributed by atoms with Crippen LogP contribution in [-0.2, 0) is 19.0 Å². The maximum absolute atomic E-state index is 12.1. The van der Waals surface area contributed by atoms with Crippen molar-refractivity contribution in [2.75, 3.05) is 32.2 Å². The molecule has 1 aromatic carbocycles. The van der Waals surface area contributed by atoms with Gasteiger partial charge < -0.3 is 19.1 Å². The molecule has 0 N–H and O–H groups in total.